The molecule has 31 heavy (non-hydrogen) atoms. The van der Waals surface area contributed by atoms with Gasteiger partial charge in [0.05, 0.1) is 16.3 Å². The van der Waals surface area contributed by atoms with Gasteiger partial charge in [-0.3, -0.25) is 9.59 Å². The number of aryl methyl sites for hydroxylation is 1. The topological polar surface area (TPSA) is 53.5 Å². The fourth-order valence-corrected chi connectivity index (χ4v) is 5.11. The first-order valence-corrected chi connectivity index (χ1v) is 11.8. The van der Waals surface area contributed by atoms with E-state index in [4.69, 9.17) is 0 Å². The molecule has 8 heteroatoms. The fraction of sp³-hybridized carbons (Fsp3) is 0.261. The molecule has 1 aliphatic heterocycles. The molecule has 2 amide bonds. The van der Waals surface area contributed by atoms with E-state index in [-0.39, 0.29) is 17.6 Å². The number of halogens is 1. The van der Waals surface area contributed by atoms with Crippen LogP contribution in [0.2, 0.25) is 0 Å². The van der Waals surface area contributed by atoms with Gasteiger partial charge >= 0.3 is 0 Å². The number of aromatic nitrogens is 1. The molecule has 1 saturated heterocycles. The first-order valence-electron chi connectivity index (χ1n) is 9.98. The maximum absolute atomic E-state index is 13.2. The molecule has 160 valence electrons. The summed E-state index contributed by atoms with van der Waals surface area (Å²) in [4.78, 5) is 34.7. The van der Waals surface area contributed by atoms with Crippen LogP contribution in [0.1, 0.15) is 31.4 Å². The van der Waals surface area contributed by atoms with Crippen LogP contribution in [0.3, 0.4) is 0 Å². The van der Waals surface area contributed by atoms with E-state index in [1.165, 1.54) is 24.3 Å². The lowest BCUT2D eigenvalue weighted by Gasteiger charge is -2.35. The van der Waals surface area contributed by atoms with Gasteiger partial charge in [-0.05, 0) is 43.3 Å². The van der Waals surface area contributed by atoms with Gasteiger partial charge in [0.15, 0.2) is 0 Å². The number of carbonyl (C=O) groups excluding carboxylic acids is 2. The number of amides is 2. The van der Waals surface area contributed by atoms with Crippen molar-refractivity contribution in [2.45, 2.75) is 17.6 Å². The Balaban J connectivity index is 1.38. The molecule has 0 radical (unpaired) electrons. The van der Waals surface area contributed by atoms with Crippen molar-refractivity contribution in [3.63, 3.8) is 0 Å². The third-order valence-corrected chi connectivity index (χ3v) is 7.03. The Morgan fingerprint density at radius 3 is 2.29 bits per heavy atom. The van der Waals surface area contributed by atoms with Crippen LogP contribution in [0.5, 0.6) is 0 Å². The molecule has 0 N–H and O–H groups in total. The number of thioether (sulfide) groups is 1. The summed E-state index contributed by atoms with van der Waals surface area (Å²) >= 11 is 3.24. The molecule has 4 rings (SSSR count). The quantitative estimate of drug-likeness (QED) is 0.533. The van der Waals surface area contributed by atoms with Gasteiger partial charge < -0.3 is 9.80 Å². The van der Waals surface area contributed by atoms with E-state index in [1.54, 1.807) is 32.9 Å². The van der Waals surface area contributed by atoms with Crippen molar-refractivity contribution in [1.82, 2.24) is 14.8 Å². The van der Waals surface area contributed by atoms with E-state index in [0.717, 1.165) is 15.6 Å². The molecule has 1 fully saturated rings. The van der Waals surface area contributed by atoms with E-state index in [1.807, 2.05) is 36.6 Å². The van der Waals surface area contributed by atoms with Crippen LogP contribution in [0.4, 0.5) is 4.39 Å². The van der Waals surface area contributed by atoms with Gasteiger partial charge in [0, 0.05) is 47.8 Å². The molecule has 5 nitrogen and oxygen atoms in total. The Hall–Kier alpha value is -2.71. The van der Waals surface area contributed by atoms with Crippen molar-refractivity contribution in [3.05, 3.63) is 81.6 Å². The summed E-state index contributed by atoms with van der Waals surface area (Å²) < 4.78 is 13.1. The number of benzene rings is 2. The monoisotopic (exact) mass is 455 g/mol. The molecule has 2 aromatic carbocycles. The summed E-state index contributed by atoms with van der Waals surface area (Å²) in [6.45, 7) is 3.83. The van der Waals surface area contributed by atoms with Crippen LogP contribution < -0.4 is 0 Å². The minimum Gasteiger partial charge on any atom is -0.335 e. The van der Waals surface area contributed by atoms with Crippen molar-refractivity contribution in [3.8, 4) is 0 Å². The predicted molar refractivity (Wildman–Crippen MR) is 121 cm³/mol. The molecule has 0 unspecified atom stereocenters. The number of rotatable bonds is 5. The molecular weight excluding hydrogens is 433 g/mol. The lowest BCUT2D eigenvalue weighted by Crippen LogP contribution is -2.50. The number of piperazine rings is 1. The van der Waals surface area contributed by atoms with Gasteiger partial charge in [0.2, 0.25) is 0 Å². The zero-order chi connectivity index (χ0) is 21.8. The number of carbonyl (C=O) groups is 2. The zero-order valence-electron chi connectivity index (χ0n) is 17.1. The molecule has 0 saturated carbocycles. The summed E-state index contributed by atoms with van der Waals surface area (Å²) in [5.41, 5.74) is 2.15. The molecule has 3 aromatic rings. The number of hydrogen-bond acceptors (Lipinski definition) is 5. The molecule has 1 aromatic heterocycles. The average molecular weight is 456 g/mol. The first kappa shape index (κ1) is 21.5. The van der Waals surface area contributed by atoms with E-state index >= 15 is 0 Å². The first-order chi connectivity index (χ1) is 15.0. The summed E-state index contributed by atoms with van der Waals surface area (Å²) in [6, 6.07) is 13.2. The summed E-state index contributed by atoms with van der Waals surface area (Å²) in [7, 11) is 0. The Morgan fingerprint density at radius 2 is 1.65 bits per heavy atom. The van der Waals surface area contributed by atoms with Crippen molar-refractivity contribution >= 4 is 34.9 Å². The SMILES string of the molecule is Cc1nc(CSc2ccccc2C(=O)N2CCN(C(=O)c3ccc(F)cc3)CC2)cs1. The van der Waals surface area contributed by atoms with Gasteiger partial charge in [-0.1, -0.05) is 12.1 Å². The second-order valence-electron chi connectivity index (χ2n) is 7.23. The van der Waals surface area contributed by atoms with Gasteiger partial charge in [-0.15, -0.1) is 23.1 Å². The highest BCUT2D eigenvalue weighted by Gasteiger charge is 2.26. The highest BCUT2D eigenvalue weighted by atomic mass is 32.2. The van der Waals surface area contributed by atoms with Gasteiger partial charge in [-0.25, -0.2) is 9.37 Å². The maximum Gasteiger partial charge on any atom is 0.255 e. The third kappa shape index (κ3) is 5.14. The molecule has 0 bridgehead atoms. The van der Waals surface area contributed by atoms with E-state index in [9.17, 15) is 14.0 Å². The van der Waals surface area contributed by atoms with Crippen molar-refractivity contribution < 1.29 is 14.0 Å². The Kier molecular flexibility index (Phi) is 6.67. The van der Waals surface area contributed by atoms with Crippen LogP contribution >= 0.6 is 23.1 Å². The molecule has 0 spiro atoms. The molecule has 0 aliphatic carbocycles. The average Bonchev–Trinajstić information content (AvgIpc) is 3.22. The number of hydrogen-bond donors (Lipinski definition) is 0. The summed E-state index contributed by atoms with van der Waals surface area (Å²) in [5, 5.41) is 3.08. The van der Waals surface area contributed by atoms with Gasteiger partial charge in [0.25, 0.3) is 11.8 Å². The van der Waals surface area contributed by atoms with Crippen LogP contribution in [-0.2, 0) is 5.75 Å². The minimum absolute atomic E-state index is 0.0218. The molecule has 2 heterocycles. The molecule has 1 aliphatic rings. The second-order valence-corrected chi connectivity index (χ2v) is 9.31. The standard InChI is InChI=1S/C23H22FN3O2S2/c1-16-25-19(14-30-16)15-31-21-5-3-2-4-20(21)23(29)27-12-10-26(11-13-27)22(28)17-6-8-18(24)9-7-17/h2-9,14H,10-13,15H2,1H3. The highest BCUT2D eigenvalue weighted by Crippen LogP contribution is 2.28. The molecular formula is C23H22FN3O2S2. The smallest absolute Gasteiger partial charge is 0.255 e. The van der Waals surface area contributed by atoms with Crippen LogP contribution in [0.15, 0.2) is 58.8 Å². The molecule has 0 atom stereocenters. The summed E-state index contributed by atoms with van der Waals surface area (Å²) in [5.74, 6) is 0.190. The van der Waals surface area contributed by atoms with Crippen LogP contribution in [0, 0.1) is 12.7 Å². The lowest BCUT2D eigenvalue weighted by atomic mass is 10.1. The van der Waals surface area contributed by atoms with Crippen molar-refractivity contribution in [2.24, 2.45) is 0 Å². The largest absolute Gasteiger partial charge is 0.335 e. The van der Waals surface area contributed by atoms with Crippen molar-refractivity contribution in [1.29, 1.82) is 0 Å². The number of thiazole rings is 1. The van der Waals surface area contributed by atoms with Gasteiger partial charge in [-0.2, -0.15) is 0 Å². The lowest BCUT2D eigenvalue weighted by molar-refractivity contribution is 0.0533. The van der Waals surface area contributed by atoms with Gasteiger partial charge in [0.1, 0.15) is 5.82 Å². The Labute approximate surface area is 188 Å². The summed E-state index contributed by atoms with van der Waals surface area (Å²) in [6.07, 6.45) is 0. The highest BCUT2D eigenvalue weighted by molar-refractivity contribution is 7.98. The van der Waals surface area contributed by atoms with Crippen LogP contribution in [-0.4, -0.2) is 52.8 Å². The van der Waals surface area contributed by atoms with Crippen LogP contribution in [0.25, 0.3) is 0 Å². The third-order valence-electron chi connectivity index (χ3n) is 5.10. The van der Waals surface area contributed by atoms with E-state index in [0.29, 0.717) is 43.1 Å². The van der Waals surface area contributed by atoms with Crippen molar-refractivity contribution in [2.75, 3.05) is 26.2 Å². The Morgan fingerprint density at radius 1 is 1.00 bits per heavy atom. The fourth-order valence-electron chi connectivity index (χ4n) is 3.45. The predicted octanol–water partition coefficient (Wildman–Crippen LogP) is 4.48. The van der Waals surface area contributed by atoms with E-state index < -0.39 is 0 Å². The minimum atomic E-state index is -0.367. The normalized spacial score (nSPS) is 14.0. The Bertz CT molecular complexity index is 1080. The zero-order valence-corrected chi connectivity index (χ0v) is 18.7. The number of nitrogens with zero attached hydrogens (tertiary/aromatic N) is 3. The van der Waals surface area contributed by atoms with E-state index in [2.05, 4.69) is 4.98 Å². The second kappa shape index (κ2) is 9.62. The maximum atomic E-state index is 13.2.